The first-order valence-corrected chi connectivity index (χ1v) is 11.9. The minimum absolute atomic E-state index is 0.152. The maximum absolute atomic E-state index is 6.45. The van der Waals surface area contributed by atoms with Gasteiger partial charge < -0.3 is 19.0 Å². The largest absolute Gasteiger partial charge is 0.490 e. The van der Waals surface area contributed by atoms with Crippen LogP contribution in [-0.2, 0) is 4.84 Å². The van der Waals surface area contributed by atoms with E-state index in [-0.39, 0.29) is 12.2 Å². The van der Waals surface area contributed by atoms with E-state index >= 15 is 0 Å². The van der Waals surface area contributed by atoms with Crippen molar-refractivity contribution < 1.29 is 19.0 Å². The summed E-state index contributed by atoms with van der Waals surface area (Å²) in [5, 5.41) is 3.78. The highest BCUT2D eigenvalue weighted by atomic mass is 16.6. The second-order valence-corrected chi connectivity index (χ2v) is 7.90. The fourth-order valence-electron chi connectivity index (χ4n) is 3.84. The van der Waals surface area contributed by atoms with Gasteiger partial charge in [0.05, 0.1) is 6.21 Å². The van der Waals surface area contributed by atoms with E-state index in [1.165, 1.54) is 7.11 Å². The second kappa shape index (κ2) is 14.2. The van der Waals surface area contributed by atoms with Gasteiger partial charge in [-0.25, -0.2) is 0 Å². The number of oxime groups is 1. The summed E-state index contributed by atoms with van der Waals surface area (Å²) in [6.07, 6.45) is 10.0. The van der Waals surface area contributed by atoms with Crippen molar-refractivity contribution in [3.8, 4) is 17.2 Å². The van der Waals surface area contributed by atoms with E-state index in [1.807, 2.05) is 57.2 Å². The molecule has 2 aromatic rings. The highest BCUT2D eigenvalue weighted by Gasteiger charge is 2.26. The van der Waals surface area contributed by atoms with Crippen molar-refractivity contribution in [2.24, 2.45) is 5.16 Å². The van der Waals surface area contributed by atoms with Gasteiger partial charge in [0.25, 0.3) is 0 Å². The SMILES string of the molecule is C/C=C/COc1cc(C)c(OC2CCCC(Oc3ccc(/C=N\OC)cc3)C2)c(C)c1.CC. The summed E-state index contributed by atoms with van der Waals surface area (Å²) in [6.45, 7) is 10.7. The molecular formula is C28H39NO4. The number of nitrogens with zero attached hydrogens (tertiary/aromatic N) is 1. The third-order valence-electron chi connectivity index (χ3n) is 5.37. The molecular weight excluding hydrogens is 414 g/mol. The number of aryl methyl sites for hydroxylation is 2. The molecule has 2 aromatic carbocycles. The van der Waals surface area contributed by atoms with Crippen molar-refractivity contribution >= 4 is 6.21 Å². The average Bonchev–Trinajstić information content (AvgIpc) is 2.83. The summed E-state index contributed by atoms with van der Waals surface area (Å²) in [6, 6.07) is 12.0. The number of hydrogen-bond acceptors (Lipinski definition) is 5. The molecule has 2 unspecified atom stereocenters. The van der Waals surface area contributed by atoms with Crippen LogP contribution in [0.5, 0.6) is 17.2 Å². The van der Waals surface area contributed by atoms with Crippen LogP contribution in [-0.4, -0.2) is 32.1 Å². The molecule has 3 rings (SSSR count). The van der Waals surface area contributed by atoms with E-state index in [4.69, 9.17) is 19.0 Å². The molecule has 1 aliphatic rings. The lowest BCUT2D eigenvalue weighted by Crippen LogP contribution is -2.32. The predicted octanol–water partition coefficient (Wildman–Crippen LogP) is 7.03. The van der Waals surface area contributed by atoms with Crippen LogP contribution in [0.1, 0.15) is 63.1 Å². The highest BCUT2D eigenvalue weighted by Crippen LogP contribution is 2.33. The quantitative estimate of drug-likeness (QED) is 0.232. The van der Waals surface area contributed by atoms with Gasteiger partial charge in [0.15, 0.2) is 0 Å². The van der Waals surface area contributed by atoms with E-state index in [2.05, 4.69) is 31.1 Å². The van der Waals surface area contributed by atoms with Crippen LogP contribution in [0.15, 0.2) is 53.7 Å². The molecule has 1 fully saturated rings. The number of benzene rings is 2. The standard InChI is InChI=1S/C26H33NO4.C2H6/c1-5-6-14-29-25-15-19(2)26(20(3)16-25)31-24-9-7-8-23(17-24)30-22-12-10-21(11-13-22)18-27-28-4;1-2/h5-6,10-13,15-16,18,23-24H,7-9,14,17H2,1-4H3;1-2H3/b6-5+,27-18-;. The number of ether oxygens (including phenoxy) is 3. The Kier molecular flexibility index (Phi) is 11.4. The lowest BCUT2D eigenvalue weighted by atomic mass is 9.94. The molecule has 0 amide bonds. The smallest absolute Gasteiger partial charge is 0.125 e. The third kappa shape index (κ3) is 8.49. The Labute approximate surface area is 199 Å². The fraction of sp³-hybridized carbons (Fsp3) is 0.464. The number of hydrogen-bond donors (Lipinski definition) is 0. The van der Waals surface area contributed by atoms with Crippen molar-refractivity contribution in [2.45, 2.75) is 72.5 Å². The Bertz CT molecular complexity index is 866. The Hall–Kier alpha value is -2.95. The number of allylic oxidation sites excluding steroid dienone is 1. The van der Waals surface area contributed by atoms with Gasteiger partial charge in [-0.05, 0) is 93.1 Å². The molecule has 0 N–H and O–H groups in total. The van der Waals surface area contributed by atoms with E-state index in [1.54, 1.807) is 6.21 Å². The minimum atomic E-state index is 0.152. The fourth-order valence-corrected chi connectivity index (χ4v) is 3.84. The zero-order valence-corrected chi connectivity index (χ0v) is 21.0. The van der Waals surface area contributed by atoms with Gasteiger partial charge in [-0.15, -0.1) is 0 Å². The van der Waals surface area contributed by atoms with Gasteiger partial charge in [0.2, 0.25) is 0 Å². The van der Waals surface area contributed by atoms with Crippen LogP contribution in [0.25, 0.3) is 0 Å². The monoisotopic (exact) mass is 453 g/mol. The Morgan fingerprint density at radius 2 is 1.58 bits per heavy atom. The summed E-state index contributed by atoms with van der Waals surface area (Å²) in [5.41, 5.74) is 3.18. The Balaban J connectivity index is 0.00000187. The molecule has 2 atom stereocenters. The first-order chi connectivity index (χ1) is 16.1. The second-order valence-electron chi connectivity index (χ2n) is 7.90. The Morgan fingerprint density at radius 1 is 0.939 bits per heavy atom. The molecule has 0 bridgehead atoms. The minimum Gasteiger partial charge on any atom is -0.490 e. The van der Waals surface area contributed by atoms with Crippen LogP contribution in [0.2, 0.25) is 0 Å². The third-order valence-corrected chi connectivity index (χ3v) is 5.37. The van der Waals surface area contributed by atoms with Crippen LogP contribution in [0, 0.1) is 13.8 Å². The molecule has 0 aromatic heterocycles. The van der Waals surface area contributed by atoms with Crippen LogP contribution in [0.4, 0.5) is 0 Å². The first-order valence-electron chi connectivity index (χ1n) is 11.9. The molecule has 5 heteroatoms. The van der Waals surface area contributed by atoms with E-state index in [9.17, 15) is 0 Å². The topological polar surface area (TPSA) is 49.3 Å². The zero-order chi connectivity index (χ0) is 24.1. The van der Waals surface area contributed by atoms with E-state index in [0.29, 0.717) is 6.61 Å². The molecule has 0 radical (unpaired) electrons. The molecule has 1 aliphatic carbocycles. The zero-order valence-electron chi connectivity index (χ0n) is 21.0. The van der Waals surface area contributed by atoms with Crippen molar-refractivity contribution in [1.29, 1.82) is 0 Å². The summed E-state index contributed by atoms with van der Waals surface area (Å²) < 4.78 is 18.5. The predicted molar refractivity (Wildman–Crippen MR) is 136 cm³/mol. The van der Waals surface area contributed by atoms with Crippen LogP contribution >= 0.6 is 0 Å². The lowest BCUT2D eigenvalue weighted by Gasteiger charge is -2.31. The molecule has 5 nitrogen and oxygen atoms in total. The first kappa shape index (κ1) is 26.3. The summed E-state index contributed by atoms with van der Waals surface area (Å²) in [7, 11) is 1.53. The normalized spacial score (nSPS) is 18.0. The molecule has 1 saturated carbocycles. The molecule has 180 valence electrons. The summed E-state index contributed by atoms with van der Waals surface area (Å²) in [5.74, 6) is 2.71. The van der Waals surface area contributed by atoms with Gasteiger partial charge in [0.1, 0.15) is 43.2 Å². The molecule has 0 aliphatic heterocycles. The molecule has 33 heavy (non-hydrogen) atoms. The molecule has 0 spiro atoms. The van der Waals surface area contributed by atoms with Crippen LogP contribution in [0.3, 0.4) is 0 Å². The van der Waals surface area contributed by atoms with E-state index in [0.717, 1.165) is 59.6 Å². The van der Waals surface area contributed by atoms with Crippen molar-refractivity contribution in [3.63, 3.8) is 0 Å². The average molecular weight is 454 g/mol. The summed E-state index contributed by atoms with van der Waals surface area (Å²) in [4.78, 5) is 4.72. The molecule has 0 heterocycles. The maximum Gasteiger partial charge on any atom is 0.125 e. The highest BCUT2D eigenvalue weighted by molar-refractivity contribution is 5.79. The van der Waals surface area contributed by atoms with Crippen LogP contribution < -0.4 is 14.2 Å². The number of rotatable bonds is 9. The lowest BCUT2D eigenvalue weighted by molar-refractivity contribution is 0.0672. The van der Waals surface area contributed by atoms with Crippen molar-refractivity contribution in [1.82, 2.24) is 0 Å². The maximum atomic E-state index is 6.45. The van der Waals surface area contributed by atoms with Gasteiger partial charge in [-0.3, -0.25) is 0 Å². The summed E-state index contributed by atoms with van der Waals surface area (Å²) >= 11 is 0. The van der Waals surface area contributed by atoms with Gasteiger partial charge in [-0.2, -0.15) is 0 Å². The van der Waals surface area contributed by atoms with Crippen molar-refractivity contribution in [3.05, 3.63) is 65.2 Å². The molecule has 0 saturated heterocycles. The van der Waals surface area contributed by atoms with Crippen molar-refractivity contribution in [2.75, 3.05) is 13.7 Å². The van der Waals surface area contributed by atoms with E-state index < -0.39 is 0 Å². The Morgan fingerprint density at radius 3 is 2.18 bits per heavy atom. The van der Waals surface area contributed by atoms with Gasteiger partial charge in [0, 0.05) is 6.42 Å². The van der Waals surface area contributed by atoms with Gasteiger partial charge in [-0.1, -0.05) is 31.2 Å². The van der Waals surface area contributed by atoms with Gasteiger partial charge >= 0.3 is 0 Å².